The number of fused-ring (bicyclic) bond motifs is 1. The standard InChI is InChI=1S/C18H12F4N4O3/c1-9-6-13(12-4-3-11(19)8-15(12)23-9)17(27)25-24-14-5-2-10(18(20,21)22)7-16(14)26(28)29/h2-8,24H,1H3,(H,25,27). The van der Waals surface area contributed by atoms with Gasteiger partial charge in [-0.2, -0.15) is 13.2 Å². The van der Waals surface area contributed by atoms with Crippen molar-refractivity contribution in [2.24, 2.45) is 0 Å². The van der Waals surface area contributed by atoms with Crippen molar-refractivity contribution < 1.29 is 27.3 Å². The van der Waals surface area contributed by atoms with E-state index in [1.54, 1.807) is 6.92 Å². The van der Waals surface area contributed by atoms with Crippen LogP contribution in [0.1, 0.15) is 21.6 Å². The minimum Gasteiger partial charge on any atom is -0.292 e. The van der Waals surface area contributed by atoms with Gasteiger partial charge in [-0.1, -0.05) is 0 Å². The van der Waals surface area contributed by atoms with Gasteiger partial charge in [0.05, 0.1) is 21.6 Å². The van der Waals surface area contributed by atoms with Crippen LogP contribution in [0.25, 0.3) is 10.9 Å². The topological polar surface area (TPSA) is 97.2 Å². The number of nitro benzene ring substituents is 1. The number of aryl methyl sites for hydroxylation is 1. The first-order chi connectivity index (χ1) is 13.6. The molecule has 1 amide bonds. The number of pyridine rings is 1. The highest BCUT2D eigenvalue weighted by Gasteiger charge is 2.33. The van der Waals surface area contributed by atoms with Crippen molar-refractivity contribution in [3.05, 3.63) is 75.2 Å². The van der Waals surface area contributed by atoms with Gasteiger partial charge in [0.2, 0.25) is 0 Å². The monoisotopic (exact) mass is 408 g/mol. The highest BCUT2D eigenvalue weighted by atomic mass is 19.4. The van der Waals surface area contributed by atoms with E-state index in [2.05, 4.69) is 15.8 Å². The average molecular weight is 408 g/mol. The normalized spacial score (nSPS) is 11.3. The maximum atomic E-state index is 13.4. The third kappa shape index (κ3) is 4.23. The van der Waals surface area contributed by atoms with E-state index in [4.69, 9.17) is 0 Å². The number of hydrogen-bond acceptors (Lipinski definition) is 5. The fourth-order valence-electron chi connectivity index (χ4n) is 2.68. The zero-order valence-corrected chi connectivity index (χ0v) is 14.7. The largest absolute Gasteiger partial charge is 0.416 e. The lowest BCUT2D eigenvalue weighted by Crippen LogP contribution is -2.30. The van der Waals surface area contributed by atoms with E-state index in [1.165, 1.54) is 12.1 Å². The first-order valence-electron chi connectivity index (χ1n) is 8.05. The Morgan fingerprint density at radius 3 is 2.52 bits per heavy atom. The van der Waals surface area contributed by atoms with Crippen LogP contribution in [0.3, 0.4) is 0 Å². The van der Waals surface area contributed by atoms with Crippen molar-refractivity contribution >= 4 is 28.2 Å². The third-order valence-corrected chi connectivity index (χ3v) is 3.98. The maximum Gasteiger partial charge on any atom is 0.416 e. The van der Waals surface area contributed by atoms with Crippen molar-refractivity contribution in [1.29, 1.82) is 0 Å². The lowest BCUT2D eigenvalue weighted by molar-refractivity contribution is -0.384. The van der Waals surface area contributed by atoms with Gasteiger partial charge in [-0.3, -0.25) is 30.7 Å². The highest BCUT2D eigenvalue weighted by Crippen LogP contribution is 2.34. The summed E-state index contributed by atoms with van der Waals surface area (Å²) < 4.78 is 51.7. The number of nitrogens with zero attached hydrogens (tertiary/aromatic N) is 2. The Bertz CT molecular complexity index is 1130. The molecule has 29 heavy (non-hydrogen) atoms. The maximum absolute atomic E-state index is 13.4. The molecular weight excluding hydrogens is 396 g/mol. The lowest BCUT2D eigenvalue weighted by Gasteiger charge is -2.12. The Balaban J connectivity index is 1.90. The predicted molar refractivity (Wildman–Crippen MR) is 95.6 cm³/mol. The third-order valence-electron chi connectivity index (χ3n) is 3.98. The molecule has 3 aromatic rings. The van der Waals surface area contributed by atoms with E-state index in [9.17, 15) is 32.5 Å². The number of anilines is 1. The SMILES string of the molecule is Cc1cc(C(=O)NNc2ccc(C(F)(F)F)cc2[N+](=O)[O-])c2ccc(F)cc2n1. The van der Waals surface area contributed by atoms with Crippen LogP contribution >= 0.6 is 0 Å². The fraction of sp³-hybridized carbons (Fsp3) is 0.111. The number of alkyl halides is 3. The first kappa shape index (κ1) is 20.0. The molecule has 1 heterocycles. The molecule has 0 saturated carbocycles. The Kier molecular flexibility index (Phi) is 5.06. The molecule has 0 atom stereocenters. The van der Waals surface area contributed by atoms with E-state index in [0.29, 0.717) is 23.2 Å². The van der Waals surface area contributed by atoms with Crippen LogP contribution < -0.4 is 10.9 Å². The van der Waals surface area contributed by atoms with Crippen LogP contribution in [-0.4, -0.2) is 15.8 Å². The molecule has 0 radical (unpaired) electrons. The second-order valence-electron chi connectivity index (χ2n) is 6.04. The predicted octanol–water partition coefficient (Wildman–Crippen LogP) is 4.37. The molecule has 0 unspecified atom stereocenters. The zero-order chi connectivity index (χ0) is 21.3. The lowest BCUT2D eigenvalue weighted by atomic mass is 10.1. The van der Waals surface area contributed by atoms with Crippen molar-refractivity contribution in [3.8, 4) is 0 Å². The fourth-order valence-corrected chi connectivity index (χ4v) is 2.68. The summed E-state index contributed by atoms with van der Waals surface area (Å²) in [7, 11) is 0. The number of benzene rings is 2. The molecule has 2 aromatic carbocycles. The summed E-state index contributed by atoms with van der Waals surface area (Å²) in [4.78, 5) is 26.8. The van der Waals surface area contributed by atoms with Crippen LogP contribution in [0.2, 0.25) is 0 Å². The minimum absolute atomic E-state index is 0.106. The molecule has 0 fully saturated rings. The summed E-state index contributed by atoms with van der Waals surface area (Å²) in [5.74, 6) is -1.28. The Labute approximate surface area is 160 Å². The van der Waals surface area contributed by atoms with Crippen molar-refractivity contribution in [2.45, 2.75) is 13.1 Å². The number of hydrogen-bond donors (Lipinski definition) is 2. The molecule has 3 rings (SSSR count). The van der Waals surface area contributed by atoms with E-state index >= 15 is 0 Å². The van der Waals surface area contributed by atoms with Gasteiger partial charge in [-0.05, 0) is 37.3 Å². The van der Waals surface area contributed by atoms with Gasteiger partial charge in [0, 0.05) is 23.2 Å². The molecule has 150 valence electrons. The molecule has 0 spiro atoms. The van der Waals surface area contributed by atoms with Gasteiger partial charge in [0.25, 0.3) is 11.6 Å². The number of amides is 1. The summed E-state index contributed by atoms with van der Waals surface area (Å²) in [6, 6.07) is 6.93. The number of nitro groups is 1. The van der Waals surface area contributed by atoms with Crippen molar-refractivity contribution in [1.82, 2.24) is 10.4 Å². The molecular formula is C18H12F4N4O3. The number of carbonyl (C=O) groups is 1. The van der Waals surface area contributed by atoms with Crippen LogP contribution in [-0.2, 0) is 6.18 Å². The number of aromatic nitrogens is 1. The van der Waals surface area contributed by atoms with Gasteiger partial charge in [-0.15, -0.1) is 0 Å². The number of nitrogens with one attached hydrogen (secondary N) is 2. The number of hydrazine groups is 1. The number of carbonyl (C=O) groups excluding carboxylic acids is 1. The van der Waals surface area contributed by atoms with Crippen molar-refractivity contribution in [2.75, 3.05) is 5.43 Å². The molecule has 0 saturated heterocycles. The van der Waals surface area contributed by atoms with Crippen LogP contribution in [0, 0.1) is 22.9 Å². The Morgan fingerprint density at radius 2 is 1.86 bits per heavy atom. The van der Waals surface area contributed by atoms with E-state index in [-0.39, 0.29) is 16.8 Å². The second-order valence-corrected chi connectivity index (χ2v) is 6.04. The zero-order valence-electron chi connectivity index (χ0n) is 14.7. The Hall–Kier alpha value is -3.76. The van der Waals surface area contributed by atoms with Gasteiger partial charge < -0.3 is 0 Å². The quantitative estimate of drug-likeness (QED) is 0.380. The Morgan fingerprint density at radius 1 is 1.14 bits per heavy atom. The smallest absolute Gasteiger partial charge is 0.292 e. The summed E-state index contributed by atoms with van der Waals surface area (Å²) >= 11 is 0. The molecule has 7 nitrogen and oxygen atoms in total. The van der Waals surface area contributed by atoms with E-state index in [0.717, 1.165) is 18.2 Å². The van der Waals surface area contributed by atoms with Gasteiger partial charge in [-0.25, -0.2) is 4.39 Å². The summed E-state index contributed by atoms with van der Waals surface area (Å²) in [5.41, 5.74) is 2.84. The second kappa shape index (κ2) is 7.34. The van der Waals surface area contributed by atoms with Gasteiger partial charge >= 0.3 is 6.18 Å². The highest BCUT2D eigenvalue weighted by molar-refractivity contribution is 6.06. The molecule has 11 heteroatoms. The average Bonchev–Trinajstić information content (AvgIpc) is 2.64. The molecule has 1 aromatic heterocycles. The number of rotatable bonds is 4. The molecule has 0 aliphatic heterocycles. The summed E-state index contributed by atoms with van der Waals surface area (Å²) in [5, 5.41) is 11.4. The number of halogens is 4. The van der Waals surface area contributed by atoms with E-state index < -0.39 is 34.1 Å². The molecule has 0 aliphatic carbocycles. The van der Waals surface area contributed by atoms with Crippen molar-refractivity contribution in [3.63, 3.8) is 0 Å². The summed E-state index contributed by atoms with van der Waals surface area (Å²) in [6.45, 7) is 1.59. The minimum atomic E-state index is -4.75. The first-order valence-corrected chi connectivity index (χ1v) is 8.05. The van der Waals surface area contributed by atoms with Gasteiger partial charge in [0.1, 0.15) is 11.5 Å². The molecule has 0 aliphatic rings. The van der Waals surface area contributed by atoms with E-state index in [1.807, 2.05) is 0 Å². The van der Waals surface area contributed by atoms with Crippen LogP contribution in [0.15, 0.2) is 42.5 Å². The van der Waals surface area contributed by atoms with Crippen LogP contribution in [0.5, 0.6) is 0 Å². The van der Waals surface area contributed by atoms with Crippen LogP contribution in [0.4, 0.5) is 28.9 Å². The molecule has 2 N–H and O–H groups in total. The summed E-state index contributed by atoms with van der Waals surface area (Å²) in [6.07, 6.45) is -4.75. The molecule has 0 bridgehead atoms. The van der Waals surface area contributed by atoms with Gasteiger partial charge in [0.15, 0.2) is 0 Å².